The Morgan fingerprint density at radius 1 is 1.27 bits per heavy atom. The summed E-state index contributed by atoms with van der Waals surface area (Å²) in [6.45, 7) is 0.524. The van der Waals surface area contributed by atoms with E-state index in [0.717, 1.165) is 5.56 Å². The summed E-state index contributed by atoms with van der Waals surface area (Å²) in [5.74, 6) is -0.404. The third kappa shape index (κ3) is 2.93. The van der Waals surface area contributed by atoms with Crippen molar-refractivity contribution in [2.75, 3.05) is 12.4 Å². The monoisotopic (exact) mass is 316 g/mol. The van der Waals surface area contributed by atoms with Crippen molar-refractivity contribution >= 4 is 34.2 Å². The summed E-state index contributed by atoms with van der Waals surface area (Å²) in [6, 6.07) is 9.10. The molecule has 0 fully saturated rings. The molecule has 112 valence electrons. The van der Waals surface area contributed by atoms with E-state index in [1.165, 1.54) is 0 Å². The highest BCUT2D eigenvalue weighted by molar-refractivity contribution is 6.34. The molecule has 2 N–H and O–H groups in total. The summed E-state index contributed by atoms with van der Waals surface area (Å²) in [5.41, 5.74) is 2.20. The van der Waals surface area contributed by atoms with E-state index in [1.807, 2.05) is 12.1 Å². The number of amides is 1. The number of H-pyrrole nitrogens is 1. The molecule has 1 aromatic carbocycles. The average Bonchev–Trinajstić information content (AvgIpc) is 2.98. The number of aromatic nitrogens is 3. The van der Waals surface area contributed by atoms with Gasteiger partial charge in [0.25, 0.3) is 5.91 Å². The molecule has 3 aromatic rings. The smallest absolute Gasteiger partial charge is 0.293 e. The normalized spacial score (nSPS) is 10.8. The van der Waals surface area contributed by atoms with Crippen LogP contribution in [0.25, 0.3) is 11.0 Å². The molecule has 3 rings (SSSR count). The Bertz CT molecular complexity index is 814. The van der Waals surface area contributed by atoms with Crippen LogP contribution in [0.1, 0.15) is 16.2 Å². The molecule has 22 heavy (non-hydrogen) atoms. The van der Waals surface area contributed by atoms with E-state index in [2.05, 4.69) is 20.3 Å². The van der Waals surface area contributed by atoms with Crippen molar-refractivity contribution in [2.24, 2.45) is 0 Å². The first kappa shape index (κ1) is 14.5. The van der Waals surface area contributed by atoms with Gasteiger partial charge in [0.2, 0.25) is 5.82 Å². The molecular formula is C15H13ClN4O2. The van der Waals surface area contributed by atoms with Gasteiger partial charge in [-0.1, -0.05) is 23.7 Å². The standard InChI is InChI=1S/C15H13ClN4O2/c1-22-8-9-2-4-10(5-3-9)18-15(21)14-19-12(16)11-6-7-17-13(11)20-14/h2-7H,8H2,1H3,(H,18,21)(H,17,19,20). The summed E-state index contributed by atoms with van der Waals surface area (Å²) < 4.78 is 5.04. The zero-order valence-corrected chi connectivity index (χ0v) is 12.5. The van der Waals surface area contributed by atoms with E-state index < -0.39 is 5.91 Å². The molecule has 0 aliphatic heterocycles. The van der Waals surface area contributed by atoms with Gasteiger partial charge in [-0.05, 0) is 23.8 Å². The number of methoxy groups -OCH3 is 1. The number of rotatable bonds is 4. The average molecular weight is 317 g/mol. The molecule has 0 bridgehead atoms. The van der Waals surface area contributed by atoms with Crippen molar-refractivity contribution in [1.82, 2.24) is 15.0 Å². The molecule has 6 nitrogen and oxygen atoms in total. The van der Waals surface area contributed by atoms with Crippen LogP contribution in [-0.2, 0) is 11.3 Å². The minimum atomic E-state index is -0.419. The van der Waals surface area contributed by atoms with Crippen molar-refractivity contribution in [1.29, 1.82) is 0 Å². The third-order valence-electron chi connectivity index (χ3n) is 3.10. The molecule has 0 spiro atoms. The number of ether oxygens (including phenoxy) is 1. The molecule has 0 saturated carbocycles. The molecule has 0 aliphatic rings. The largest absolute Gasteiger partial charge is 0.380 e. The second-order valence-corrected chi connectivity index (χ2v) is 5.02. The van der Waals surface area contributed by atoms with Gasteiger partial charge >= 0.3 is 0 Å². The minimum absolute atomic E-state index is 0.0147. The first-order chi connectivity index (χ1) is 10.7. The van der Waals surface area contributed by atoms with Crippen LogP contribution in [-0.4, -0.2) is 28.0 Å². The van der Waals surface area contributed by atoms with E-state index in [-0.39, 0.29) is 11.0 Å². The van der Waals surface area contributed by atoms with Crippen LogP contribution in [0.5, 0.6) is 0 Å². The maximum atomic E-state index is 12.2. The van der Waals surface area contributed by atoms with Gasteiger partial charge in [0.1, 0.15) is 10.8 Å². The highest BCUT2D eigenvalue weighted by Gasteiger charge is 2.14. The second-order valence-electron chi connectivity index (χ2n) is 4.66. The van der Waals surface area contributed by atoms with Crippen molar-refractivity contribution in [3.05, 3.63) is 53.1 Å². The van der Waals surface area contributed by atoms with Gasteiger partial charge in [-0.25, -0.2) is 9.97 Å². The Hall–Kier alpha value is -2.44. The number of anilines is 1. The van der Waals surface area contributed by atoms with Crippen molar-refractivity contribution in [2.45, 2.75) is 6.61 Å². The van der Waals surface area contributed by atoms with Crippen molar-refractivity contribution in [3.63, 3.8) is 0 Å². The fraction of sp³-hybridized carbons (Fsp3) is 0.133. The zero-order chi connectivity index (χ0) is 15.5. The first-order valence-corrected chi connectivity index (χ1v) is 6.95. The number of aromatic amines is 1. The third-order valence-corrected chi connectivity index (χ3v) is 3.38. The van der Waals surface area contributed by atoms with Crippen LogP contribution in [0.3, 0.4) is 0 Å². The number of halogens is 1. The minimum Gasteiger partial charge on any atom is -0.380 e. The zero-order valence-electron chi connectivity index (χ0n) is 11.8. The van der Waals surface area contributed by atoms with Crippen LogP contribution in [0, 0.1) is 0 Å². The molecule has 0 atom stereocenters. The quantitative estimate of drug-likeness (QED) is 0.725. The van der Waals surface area contributed by atoms with Crippen LogP contribution in [0.2, 0.25) is 5.15 Å². The van der Waals surface area contributed by atoms with Crippen LogP contribution in [0.4, 0.5) is 5.69 Å². The van der Waals surface area contributed by atoms with Gasteiger partial charge in [0.15, 0.2) is 0 Å². The highest BCUT2D eigenvalue weighted by Crippen LogP contribution is 2.19. The van der Waals surface area contributed by atoms with Gasteiger partial charge in [-0.15, -0.1) is 0 Å². The predicted octanol–water partition coefficient (Wildman–Crippen LogP) is 3.01. The summed E-state index contributed by atoms with van der Waals surface area (Å²) in [5, 5.41) is 3.66. The Morgan fingerprint density at radius 3 is 2.77 bits per heavy atom. The first-order valence-electron chi connectivity index (χ1n) is 6.57. The number of carbonyl (C=O) groups is 1. The Kier molecular flexibility index (Phi) is 4.04. The van der Waals surface area contributed by atoms with E-state index >= 15 is 0 Å². The fourth-order valence-corrected chi connectivity index (χ4v) is 2.28. The molecule has 0 unspecified atom stereocenters. The Morgan fingerprint density at radius 2 is 2.05 bits per heavy atom. The lowest BCUT2D eigenvalue weighted by Crippen LogP contribution is -2.15. The highest BCUT2D eigenvalue weighted by atomic mass is 35.5. The molecule has 2 heterocycles. The lowest BCUT2D eigenvalue weighted by atomic mass is 10.2. The molecule has 1 amide bonds. The van der Waals surface area contributed by atoms with Crippen molar-refractivity contribution < 1.29 is 9.53 Å². The summed E-state index contributed by atoms with van der Waals surface area (Å²) in [4.78, 5) is 23.3. The van der Waals surface area contributed by atoms with Crippen LogP contribution < -0.4 is 5.32 Å². The number of nitrogens with zero attached hydrogens (tertiary/aromatic N) is 2. The van der Waals surface area contributed by atoms with Crippen molar-refractivity contribution in [3.8, 4) is 0 Å². The molecule has 2 aromatic heterocycles. The molecule has 0 radical (unpaired) electrons. The SMILES string of the molecule is COCc1ccc(NC(=O)c2nc(Cl)c3cc[nH]c3n2)cc1. The predicted molar refractivity (Wildman–Crippen MR) is 84.0 cm³/mol. The van der Waals surface area contributed by atoms with E-state index in [1.54, 1.807) is 31.5 Å². The lowest BCUT2D eigenvalue weighted by molar-refractivity contribution is 0.101. The number of benzene rings is 1. The maximum Gasteiger partial charge on any atom is 0.293 e. The fourth-order valence-electron chi connectivity index (χ4n) is 2.04. The summed E-state index contributed by atoms with van der Waals surface area (Å²) >= 11 is 6.04. The van der Waals surface area contributed by atoms with Crippen LogP contribution in [0.15, 0.2) is 36.5 Å². The number of nitrogens with one attached hydrogen (secondary N) is 2. The molecule has 7 heteroatoms. The van der Waals surface area contributed by atoms with Gasteiger partial charge in [-0.3, -0.25) is 4.79 Å². The molecular weight excluding hydrogens is 304 g/mol. The number of fused-ring (bicyclic) bond motifs is 1. The topological polar surface area (TPSA) is 79.9 Å². The Balaban J connectivity index is 1.80. The van der Waals surface area contributed by atoms with Gasteiger partial charge in [0.05, 0.1) is 12.0 Å². The van der Waals surface area contributed by atoms with Gasteiger partial charge in [0, 0.05) is 19.0 Å². The van der Waals surface area contributed by atoms with E-state index in [0.29, 0.717) is 23.3 Å². The Labute approximate surface area is 131 Å². The van der Waals surface area contributed by atoms with E-state index in [9.17, 15) is 4.79 Å². The van der Waals surface area contributed by atoms with Gasteiger partial charge < -0.3 is 15.0 Å². The lowest BCUT2D eigenvalue weighted by Gasteiger charge is -2.06. The van der Waals surface area contributed by atoms with E-state index in [4.69, 9.17) is 16.3 Å². The molecule has 0 aliphatic carbocycles. The van der Waals surface area contributed by atoms with Crippen LogP contribution >= 0.6 is 11.6 Å². The number of carbonyl (C=O) groups excluding carboxylic acids is 1. The summed E-state index contributed by atoms with van der Waals surface area (Å²) in [6.07, 6.45) is 1.70. The maximum absolute atomic E-state index is 12.2. The number of hydrogen-bond acceptors (Lipinski definition) is 4. The second kappa shape index (κ2) is 6.13. The molecule has 0 saturated heterocycles. The summed E-state index contributed by atoms with van der Waals surface area (Å²) in [7, 11) is 1.63. The number of hydrogen-bond donors (Lipinski definition) is 2. The van der Waals surface area contributed by atoms with Gasteiger partial charge in [-0.2, -0.15) is 0 Å².